The van der Waals surface area contributed by atoms with E-state index in [9.17, 15) is 14.8 Å². The van der Waals surface area contributed by atoms with Crippen LogP contribution in [-0.2, 0) is 6.42 Å². The summed E-state index contributed by atoms with van der Waals surface area (Å²) in [4.78, 5) is 6.64. The number of imidazole rings is 1. The van der Waals surface area contributed by atoms with E-state index in [-0.39, 0.29) is 17.8 Å². The number of pyridine rings is 1. The molecular weight excluding hydrogens is 367 g/mol. The second-order valence-electron chi connectivity index (χ2n) is 7.10. The lowest BCUT2D eigenvalue weighted by Gasteiger charge is -2.27. The van der Waals surface area contributed by atoms with Crippen molar-refractivity contribution in [1.82, 2.24) is 9.38 Å². The minimum absolute atomic E-state index is 0.0158. The average molecular weight is 385 g/mol. The summed E-state index contributed by atoms with van der Waals surface area (Å²) in [5, 5.41) is 20.3. The summed E-state index contributed by atoms with van der Waals surface area (Å²) in [6.45, 7) is 1.28. The highest BCUT2D eigenvalue weighted by atomic mass is 35.5. The van der Waals surface area contributed by atoms with Crippen molar-refractivity contribution < 1.29 is 9.50 Å². The third-order valence-corrected chi connectivity index (χ3v) is 5.48. The monoisotopic (exact) mass is 384 g/mol. The van der Waals surface area contributed by atoms with Crippen LogP contribution < -0.4 is 4.90 Å². The number of nitriles is 1. The third-order valence-electron chi connectivity index (χ3n) is 5.24. The fraction of sp³-hybridized carbons (Fsp3) is 0.300. The number of rotatable bonds is 4. The fourth-order valence-electron chi connectivity index (χ4n) is 3.81. The van der Waals surface area contributed by atoms with Gasteiger partial charge in [-0.05, 0) is 36.6 Å². The Labute approximate surface area is 161 Å². The largest absolute Gasteiger partial charge is 0.396 e. The van der Waals surface area contributed by atoms with Gasteiger partial charge in [0.15, 0.2) is 11.5 Å². The Bertz CT molecular complexity index is 1030. The van der Waals surface area contributed by atoms with Crippen LogP contribution in [0.25, 0.3) is 5.65 Å². The maximum atomic E-state index is 13.2. The third kappa shape index (κ3) is 3.25. The van der Waals surface area contributed by atoms with Gasteiger partial charge in [0.05, 0.1) is 6.61 Å². The van der Waals surface area contributed by atoms with Crippen LogP contribution in [-0.4, -0.2) is 34.2 Å². The van der Waals surface area contributed by atoms with Crippen molar-refractivity contribution in [2.75, 3.05) is 24.6 Å². The van der Waals surface area contributed by atoms with Gasteiger partial charge in [0.25, 0.3) is 0 Å². The van der Waals surface area contributed by atoms with Gasteiger partial charge in [-0.1, -0.05) is 23.7 Å². The Kier molecular flexibility index (Phi) is 4.50. The van der Waals surface area contributed by atoms with Crippen molar-refractivity contribution in [2.45, 2.75) is 12.8 Å². The highest BCUT2D eigenvalue weighted by molar-refractivity contribution is 6.30. The van der Waals surface area contributed by atoms with Gasteiger partial charge in [-0.25, -0.2) is 9.37 Å². The minimum Gasteiger partial charge on any atom is -0.396 e. The molecule has 2 aromatic heterocycles. The van der Waals surface area contributed by atoms with E-state index >= 15 is 0 Å². The average Bonchev–Trinajstić information content (AvgIpc) is 3.25. The normalized spacial score (nSPS) is 19.6. The van der Waals surface area contributed by atoms with Gasteiger partial charge in [0, 0.05) is 35.8 Å². The van der Waals surface area contributed by atoms with E-state index in [4.69, 9.17) is 11.6 Å². The van der Waals surface area contributed by atoms with Crippen molar-refractivity contribution in [1.29, 1.82) is 5.26 Å². The van der Waals surface area contributed by atoms with E-state index in [1.807, 2.05) is 4.90 Å². The number of benzene rings is 1. The molecule has 1 aliphatic rings. The molecule has 138 valence electrons. The number of fused-ring (bicyclic) bond motifs is 1. The molecule has 0 saturated carbocycles. The molecule has 1 aromatic carbocycles. The molecule has 3 aromatic rings. The van der Waals surface area contributed by atoms with Crippen LogP contribution in [0.4, 0.5) is 10.2 Å². The molecule has 1 fully saturated rings. The molecule has 0 amide bonds. The van der Waals surface area contributed by atoms with Crippen LogP contribution in [0.3, 0.4) is 0 Å². The summed E-state index contributed by atoms with van der Waals surface area (Å²) in [5.74, 6) is 0.334. The van der Waals surface area contributed by atoms with Crippen LogP contribution in [0.15, 0.2) is 42.6 Å². The Morgan fingerprint density at radius 3 is 2.78 bits per heavy atom. The molecule has 7 heteroatoms. The molecule has 1 N–H and O–H groups in total. The molecule has 1 unspecified atom stereocenters. The lowest BCUT2D eigenvalue weighted by Crippen LogP contribution is -2.33. The van der Waals surface area contributed by atoms with E-state index in [1.54, 1.807) is 34.9 Å². The van der Waals surface area contributed by atoms with Gasteiger partial charge >= 0.3 is 0 Å². The van der Waals surface area contributed by atoms with E-state index in [2.05, 4.69) is 11.1 Å². The zero-order chi connectivity index (χ0) is 19.0. The van der Waals surface area contributed by atoms with Crippen molar-refractivity contribution in [3.63, 3.8) is 0 Å². The SMILES string of the molecule is N#Cc1c(N2CCC(CO)(Cc3ccc(F)cc3)C2)nc2cc(Cl)ccn12. The number of hydrogen-bond acceptors (Lipinski definition) is 4. The molecule has 0 aliphatic carbocycles. The van der Waals surface area contributed by atoms with Gasteiger partial charge in [-0.3, -0.25) is 4.40 Å². The van der Waals surface area contributed by atoms with Gasteiger partial charge in [-0.2, -0.15) is 5.26 Å². The maximum Gasteiger partial charge on any atom is 0.169 e. The first-order valence-corrected chi connectivity index (χ1v) is 9.09. The van der Waals surface area contributed by atoms with Crippen molar-refractivity contribution in [3.8, 4) is 6.07 Å². The zero-order valence-electron chi connectivity index (χ0n) is 14.6. The van der Waals surface area contributed by atoms with Gasteiger partial charge in [-0.15, -0.1) is 0 Å². The number of anilines is 1. The lowest BCUT2D eigenvalue weighted by atomic mass is 9.81. The summed E-state index contributed by atoms with van der Waals surface area (Å²) in [6.07, 6.45) is 3.14. The molecular formula is C20H18ClFN4O. The van der Waals surface area contributed by atoms with E-state index in [1.165, 1.54) is 12.1 Å². The minimum atomic E-state index is -0.349. The lowest BCUT2D eigenvalue weighted by molar-refractivity contribution is 0.144. The zero-order valence-corrected chi connectivity index (χ0v) is 15.3. The Hall–Kier alpha value is -2.62. The first-order valence-electron chi connectivity index (χ1n) is 8.71. The molecule has 0 radical (unpaired) electrons. The summed E-state index contributed by atoms with van der Waals surface area (Å²) in [6, 6.07) is 12.0. The molecule has 3 heterocycles. The smallest absolute Gasteiger partial charge is 0.169 e. The quantitative estimate of drug-likeness (QED) is 0.748. The summed E-state index contributed by atoms with van der Waals surface area (Å²) in [7, 11) is 0. The topological polar surface area (TPSA) is 64.6 Å². The highest BCUT2D eigenvalue weighted by Crippen LogP contribution is 2.37. The molecule has 5 nitrogen and oxygen atoms in total. The summed E-state index contributed by atoms with van der Waals surface area (Å²) >= 11 is 6.04. The number of aromatic nitrogens is 2. The second-order valence-corrected chi connectivity index (χ2v) is 7.54. The van der Waals surface area contributed by atoms with Crippen LogP contribution in [0.1, 0.15) is 17.7 Å². The molecule has 0 bridgehead atoms. The molecule has 1 saturated heterocycles. The predicted molar refractivity (Wildman–Crippen MR) is 101 cm³/mol. The van der Waals surface area contributed by atoms with Crippen molar-refractivity contribution in [2.24, 2.45) is 5.41 Å². The Morgan fingerprint density at radius 2 is 2.07 bits per heavy atom. The van der Waals surface area contributed by atoms with Crippen LogP contribution in [0.2, 0.25) is 5.02 Å². The molecule has 4 rings (SSSR count). The van der Waals surface area contributed by atoms with Crippen LogP contribution >= 0.6 is 11.6 Å². The first-order chi connectivity index (χ1) is 13.0. The number of nitrogens with zero attached hydrogens (tertiary/aromatic N) is 4. The predicted octanol–water partition coefficient (Wildman–Crippen LogP) is 3.43. The van der Waals surface area contributed by atoms with E-state index in [0.717, 1.165) is 12.0 Å². The van der Waals surface area contributed by atoms with Gasteiger partial charge in [0.1, 0.15) is 17.5 Å². The van der Waals surface area contributed by atoms with E-state index < -0.39 is 0 Å². The number of aliphatic hydroxyl groups is 1. The van der Waals surface area contributed by atoms with Gasteiger partial charge < -0.3 is 10.0 Å². The van der Waals surface area contributed by atoms with Crippen molar-refractivity contribution in [3.05, 3.63) is 64.7 Å². The molecule has 1 aliphatic heterocycles. The second kappa shape index (κ2) is 6.84. The maximum absolute atomic E-state index is 13.2. The standard InChI is InChI=1S/C20H18ClFN4O/c21-15-5-7-26-17(11-23)19(24-18(26)9-15)25-8-6-20(12-25,13-27)10-14-1-3-16(22)4-2-14/h1-5,7,9,27H,6,8,10,12-13H2. The number of aliphatic hydroxyl groups excluding tert-OH is 1. The van der Waals surface area contributed by atoms with Crippen LogP contribution in [0, 0.1) is 22.6 Å². The summed E-state index contributed by atoms with van der Waals surface area (Å²) in [5.41, 5.74) is 1.71. The first kappa shape index (κ1) is 17.8. The number of hydrogen-bond donors (Lipinski definition) is 1. The highest BCUT2D eigenvalue weighted by Gasteiger charge is 2.39. The molecule has 27 heavy (non-hydrogen) atoms. The Balaban J connectivity index is 1.64. The molecule has 1 atom stereocenters. The number of halogens is 2. The summed E-state index contributed by atoms with van der Waals surface area (Å²) < 4.78 is 14.9. The Morgan fingerprint density at radius 1 is 1.30 bits per heavy atom. The van der Waals surface area contributed by atoms with Crippen LogP contribution in [0.5, 0.6) is 0 Å². The molecule has 0 spiro atoms. The fourth-order valence-corrected chi connectivity index (χ4v) is 3.97. The van der Waals surface area contributed by atoms with Crippen molar-refractivity contribution >= 4 is 23.1 Å². The van der Waals surface area contributed by atoms with Gasteiger partial charge in [0.2, 0.25) is 0 Å². The van der Waals surface area contributed by atoms with E-state index in [0.29, 0.717) is 41.7 Å².